The number of hydrogen-bond acceptors (Lipinski definition) is 4. The standard InChI is InChI=1S/C25H32Cl2N2O3/c1-18(30)28-22-15-21(27)9-10-23(22)32-14-4-12-29-13-11-25(31,24(2,3)17-29)16-19-5-7-20(26)8-6-19/h5-10,15,31H,4,11-14,16-17H2,1-3H3,(H,28,30). The Balaban J connectivity index is 1.51. The summed E-state index contributed by atoms with van der Waals surface area (Å²) in [7, 11) is 0. The molecule has 2 aromatic rings. The van der Waals surface area contributed by atoms with Gasteiger partial charge in [-0.25, -0.2) is 0 Å². The zero-order chi connectivity index (χ0) is 23.4. The largest absolute Gasteiger partial charge is 0.491 e. The molecule has 3 rings (SSSR count). The van der Waals surface area contributed by atoms with Gasteiger partial charge in [-0.15, -0.1) is 0 Å². The van der Waals surface area contributed by atoms with Crippen LogP contribution in [0.15, 0.2) is 42.5 Å². The van der Waals surface area contributed by atoms with Gasteiger partial charge in [-0.05, 0) is 48.7 Å². The monoisotopic (exact) mass is 478 g/mol. The molecule has 174 valence electrons. The first-order chi connectivity index (χ1) is 15.1. The Bertz CT molecular complexity index is 933. The van der Waals surface area contributed by atoms with Gasteiger partial charge in [0.2, 0.25) is 5.91 Å². The maximum atomic E-state index is 11.5. The topological polar surface area (TPSA) is 61.8 Å². The maximum absolute atomic E-state index is 11.5. The van der Waals surface area contributed by atoms with E-state index in [1.165, 1.54) is 6.92 Å². The number of nitrogens with zero attached hydrogens (tertiary/aromatic N) is 1. The summed E-state index contributed by atoms with van der Waals surface area (Å²) in [4.78, 5) is 13.8. The van der Waals surface area contributed by atoms with E-state index in [0.717, 1.165) is 31.6 Å². The summed E-state index contributed by atoms with van der Waals surface area (Å²) in [6.07, 6.45) is 2.18. The van der Waals surface area contributed by atoms with Crippen LogP contribution in [0.1, 0.15) is 39.2 Å². The lowest BCUT2D eigenvalue weighted by molar-refractivity contribution is -0.118. The van der Waals surface area contributed by atoms with E-state index in [0.29, 0.717) is 40.9 Å². The van der Waals surface area contributed by atoms with E-state index in [4.69, 9.17) is 27.9 Å². The number of rotatable bonds is 8. The van der Waals surface area contributed by atoms with Crippen LogP contribution in [0.25, 0.3) is 0 Å². The van der Waals surface area contributed by atoms with Crippen molar-refractivity contribution in [2.75, 3.05) is 31.6 Å². The number of amides is 1. The van der Waals surface area contributed by atoms with Crippen LogP contribution in [-0.2, 0) is 11.2 Å². The molecule has 1 amide bonds. The number of carbonyl (C=O) groups is 1. The van der Waals surface area contributed by atoms with Crippen LogP contribution in [0.4, 0.5) is 5.69 Å². The second-order valence-corrected chi connectivity index (χ2v) is 10.1. The number of likely N-dealkylation sites (tertiary alicyclic amines) is 1. The van der Waals surface area contributed by atoms with Crippen molar-refractivity contribution in [1.82, 2.24) is 4.90 Å². The van der Waals surface area contributed by atoms with Gasteiger partial charge in [0.05, 0.1) is 17.9 Å². The molecule has 2 N–H and O–H groups in total. The number of carbonyl (C=O) groups excluding carboxylic acids is 1. The van der Waals surface area contributed by atoms with Crippen molar-refractivity contribution in [3.8, 4) is 5.75 Å². The predicted molar refractivity (Wildman–Crippen MR) is 131 cm³/mol. The van der Waals surface area contributed by atoms with E-state index in [2.05, 4.69) is 24.1 Å². The molecule has 0 bridgehead atoms. The zero-order valence-corrected chi connectivity index (χ0v) is 20.5. The van der Waals surface area contributed by atoms with Crippen molar-refractivity contribution in [2.24, 2.45) is 5.41 Å². The fraction of sp³-hybridized carbons (Fsp3) is 0.480. The normalized spacial score (nSPS) is 20.7. The average molecular weight is 479 g/mol. The fourth-order valence-corrected chi connectivity index (χ4v) is 4.61. The average Bonchev–Trinajstić information content (AvgIpc) is 2.71. The summed E-state index contributed by atoms with van der Waals surface area (Å²) in [6.45, 7) is 8.79. The molecule has 0 spiro atoms. The summed E-state index contributed by atoms with van der Waals surface area (Å²) in [5, 5.41) is 15.5. The Morgan fingerprint density at radius 1 is 1.16 bits per heavy atom. The summed E-state index contributed by atoms with van der Waals surface area (Å²) < 4.78 is 5.91. The highest BCUT2D eigenvalue weighted by Crippen LogP contribution is 2.41. The van der Waals surface area contributed by atoms with Gasteiger partial charge in [0.25, 0.3) is 0 Å². The van der Waals surface area contributed by atoms with Gasteiger partial charge in [0.15, 0.2) is 0 Å². The van der Waals surface area contributed by atoms with Crippen LogP contribution >= 0.6 is 23.2 Å². The Kier molecular flexibility index (Phi) is 8.10. The smallest absolute Gasteiger partial charge is 0.221 e. The second kappa shape index (κ2) is 10.4. The molecule has 0 radical (unpaired) electrons. The third-order valence-electron chi connectivity index (χ3n) is 6.26. The second-order valence-electron chi connectivity index (χ2n) is 9.27. The Morgan fingerprint density at radius 2 is 1.84 bits per heavy atom. The molecular weight excluding hydrogens is 447 g/mol. The summed E-state index contributed by atoms with van der Waals surface area (Å²) in [5.74, 6) is 0.444. The van der Waals surface area contributed by atoms with Crippen LogP contribution < -0.4 is 10.1 Å². The lowest BCUT2D eigenvalue weighted by atomic mass is 9.67. The van der Waals surface area contributed by atoms with E-state index in [1.54, 1.807) is 18.2 Å². The molecule has 0 saturated carbocycles. The minimum Gasteiger partial charge on any atom is -0.491 e. The maximum Gasteiger partial charge on any atom is 0.221 e. The van der Waals surface area contributed by atoms with Crippen molar-refractivity contribution in [1.29, 1.82) is 0 Å². The van der Waals surface area contributed by atoms with Crippen molar-refractivity contribution in [3.63, 3.8) is 0 Å². The lowest BCUT2D eigenvalue weighted by Crippen LogP contribution is -2.58. The molecule has 1 saturated heterocycles. The first kappa shape index (κ1) is 24.8. The van der Waals surface area contributed by atoms with Gasteiger partial charge in [0.1, 0.15) is 5.75 Å². The molecule has 32 heavy (non-hydrogen) atoms. The molecule has 1 atom stereocenters. The number of aliphatic hydroxyl groups is 1. The van der Waals surface area contributed by atoms with E-state index < -0.39 is 5.60 Å². The van der Waals surface area contributed by atoms with E-state index in [-0.39, 0.29) is 11.3 Å². The van der Waals surface area contributed by atoms with Crippen molar-refractivity contribution in [2.45, 2.75) is 45.6 Å². The number of nitrogens with one attached hydrogen (secondary N) is 1. The van der Waals surface area contributed by atoms with E-state index in [1.807, 2.05) is 24.3 Å². The van der Waals surface area contributed by atoms with Gasteiger partial charge < -0.3 is 20.1 Å². The van der Waals surface area contributed by atoms with Crippen molar-refractivity contribution < 1.29 is 14.6 Å². The van der Waals surface area contributed by atoms with Crippen LogP contribution in [0, 0.1) is 5.41 Å². The first-order valence-corrected chi connectivity index (χ1v) is 11.7. The SMILES string of the molecule is CC(=O)Nc1cc(Cl)ccc1OCCCN1CCC(O)(Cc2ccc(Cl)cc2)C(C)(C)C1. The molecule has 1 fully saturated rings. The molecule has 1 heterocycles. The van der Waals surface area contributed by atoms with E-state index >= 15 is 0 Å². The van der Waals surface area contributed by atoms with Crippen molar-refractivity contribution >= 4 is 34.8 Å². The minimum atomic E-state index is -0.760. The summed E-state index contributed by atoms with van der Waals surface area (Å²) in [6, 6.07) is 12.9. The van der Waals surface area contributed by atoms with Crippen molar-refractivity contribution in [3.05, 3.63) is 58.1 Å². The van der Waals surface area contributed by atoms with E-state index in [9.17, 15) is 9.90 Å². The van der Waals surface area contributed by atoms with Gasteiger partial charge in [-0.2, -0.15) is 0 Å². The van der Waals surface area contributed by atoms with Crippen LogP contribution in [-0.4, -0.2) is 47.8 Å². The number of halogens is 2. The number of hydrogen-bond donors (Lipinski definition) is 2. The highest BCUT2D eigenvalue weighted by atomic mass is 35.5. The first-order valence-electron chi connectivity index (χ1n) is 11.0. The molecule has 1 aliphatic heterocycles. The van der Waals surface area contributed by atoms with Gasteiger partial charge in [-0.1, -0.05) is 49.2 Å². The third-order valence-corrected chi connectivity index (χ3v) is 6.75. The molecule has 1 aliphatic rings. The van der Waals surface area contributed by atoms with Crippen LogP contribution in [0.3, 0.4) is 0 Å². The molecule has 0 aromatic heterocycles. The summed E-state index contributed by atoms with van der Waals surface area (Å²) in [5.41, 5.74) is 0.673. The lowest BCUT2D eigenvalue weighted by Gasteiger charge is -2.50. The third kappa shape index (κ3) is 6.38. The van der Waals surface area contributed by atoms with Gasteiger partial charge in [-0.3, -0.25) is 4.79 Å². The summed E-state index contributed by atoms with van der Waals surface area (Å²) >= 11 is 12.0. The fourth-order valence-electron chi connectivity index (χ4n) is 4.31. The number of ether oxygens (including phenoxy) is 1. The molecule has 2 aromatic carbocycles. The zero-order valence-electron chi connectivity index (χ0n) is 19.0. The van der Waals surface area contributed by atoms with Gasteiger partial charge in [0, 0.05) is 48.4 Å². The Morgan fingerprint density at radius 3 is 2.50 bits per heavy atom. The highest BCUT2D eigenvalue weighted by molar-refractivity contribution is 6.31. The molecule has 0 aliphatic carbocycles. The Hall–Kier alpha value is -1.79. The number of piperidine rings is 1. The van der Waals surface area contributed by atoms with Crippen LogP contribution in [0.2, 0.25) is 10.0 Å². The Labute approximate surface area is 200 Å². The quantitative estimate of drug-likeness (QED) is 0.496. The minimum absolute atomic E-state index is 0.168. The predicted octanol–water partition coefficient (Wildman–Crippen LogP) is 5.43. The van der Waals surface area contributed by atoms with Gasteiger partial charge >= 0.3 is 0 Å². The molecule has 5 nitrogen and oxygen atoms in total. The van der Waals surface area contributed by atoms with Crippen LogP contribution in [0.5, 0.6) is 5.75 Å². The molecule has 7 heteroatoms. The number of anilines is 1. The highest BCUT2D eigenvalue weighted by Gasteiger charge is 2.47. The number of benzene rings is 2. The molecule has 1 unspecified atom stereocenters. The molecular formula is C25H32Cl2N2O3.